The molecule has 14 heavy (non-hydrogen) atoms. The van der Waals surface area contributed by atoms with E-state index in [1.165, 1.54) is 51.5 Å². The highest BCUT2D eigenvalue weighted by molar-refractivity contribution is 4.86. The van der Waals surface area contributed by atoms with Gasteiger partial charge >= 0.3 is 0 Å². The number of rotatable bonds is 5. The van der Waals surface area contributed by atoms with E-state index in [4.69, 9.17) is 0 Å². The molecule has 1 aliphatic rings. The minimum absolute atomic E-state index is 0.459. The van der Waals surface area contributed by atoms with Crippen molar-refractivity contribution >= 4 is 0 Å². The summed E-state index contributed by atoms with van der Waals surface area (Å²) >= 11 is 0. The summed E-state index contributed by atoms with van der Waals surface area (Å²) in [6.07, 6.45) is 9.69. The summed E-state index contributed by atoms with van der Waals surface area (Å²) in [7, 11) is 0. The molecule has 1 N–H and O–H groups in total. The summed E-state index contributed by atoms with van der Waals surface area (Å²) in [5, 5.41) is 3.80. The van der Waals surface area contributed by atoms with Crippen molar-refractivity contribution in [2.75, 3.05) is 6.54 Å². The molecule has 0 aromatic heterocycles. The largest absolute Gasteiger partial charge is 0.311 e. The Balaban J connectivity index is 2.27. The molecular formula is C13H27N. The predicted octanol–water partition coefficient (Wildman–Crippen LogP) is 3.74. The van der Waals surface area contributed by atoms with E-state index in [-0.39, 0.29) is 0 Å². The number of hydrogen-bond acceptors (Lipinski definition) is 1. The number of hydrogen-bond donors (Lipinski definition) is 1. The van der Waals surface area contributed by atoms with E-state index in [9.17, 15) is 0 Å². The Hall–Kier alpha value is -0.0400. The molecule has 1 rings (SSSR count). The van der Waals surface area contributed by atoms with Gasteiger partial charge in [0.25, 0.3) is 0 Å². The van der Waals surface area contributed by atoms with E-state index in [2.05, 4.69) is 26.1 Å². The average Bonchev–Trinajstić information content (AvgIpc) is 2.20. The quantitative estimate of drug-likeness (QED) is 0.708. The van der Waals surface area contributed by atoms with Gasteiger partial charge in [0, 0.05) is 5.54 Å². The second kappa shape index (κ2) is 5.75. The Morgan fingerprint density at radius 2 is 1.64 bits per heavy atom. The minimum atomic E-state index is 0.459. The van der Waals surface area contributed by atoms with Gasteiger partial charge in [-0.25, -0.2) is 0 Å². The van der Waals surface area contributed by atoms with Crippen molar-refractivity contribution in [3.8, 4) is 0 Å². The first kappa shape index (κ1) is 12.0. The molecule has 0 heterocycles. The zero-order valence-electron chi connectivity index (χ0n) is 10.2. The lowest BCUT2D eigenvalue weighted by atomic mass is 9.83. The second-order valence-corrected chi connectivity index (χ2v) is 5.18. The lowest BCUT2D eigenvalue weighted by Gasteiger charge is -2.36. The highest BCUT2D eigenvalue weighted by atomic mass is 15.0. The third-order valence-corrected chi connectivity index (χ3v) is 3.93. The first-order valence-corrected chi connectivity index (χ1v) is 6.45. The maximum atomic E-state index is 3.80. The molecule has 1 nitrogen and oxygen atoms in total. The molecule has 0 aliphatic heterocycles. The van der Waals surface area contributed by atoms with Crippen molar-refractivity contribution in [3.05, 3.63) is 0 Å². The normalized spacial score (nSPS) is 21.4. The smallest absolute Gasteiger partial charge is 0.0153 e. The van der Waals surface area contributed by atoms with Crippen LogP contribution in [-0.4, -0.2) is 12.1 Å². The summed E-state index contributed by atoms with van der Waals surface area (Å²) in [6, 6.07) is 0. The van der Waals surface area contributed by atoms with Gasteiger partial charge in [-0.05, 0) is 32.2 Å². The van der Waals surface area contributed by atoms with Crippen LogP contribution in [0.15, 0.2) is 0 Å². The molecule has 1 aliphatic carbocycles. The van der Waals surface area contributed by atoms with Crippen molar-refractivity contribution in [2.45, 2.75) is 71.3 Å². The van der Waals surface area contributed by atoms with E-state index < -0.39 is 0 Å². The monoisotopic (exact) mass is 197 g/mol. The predicted molar refractivity (Wildman–Crippen MR) is 63.6 cm³/mol. The standard InChI is InChI=1S/C13H27N/c1-4-12(5-2)11-14-13(3)9-7-6-8-10-13/h12,14H,4-11H2,1-3H3. The third kappa shape index (κ3) is 3.61. The summed E-state index contributed by atoms with van der Waals surface area (Å²) < 4.78 is 0. The van der Waals surface area contributed by atoms with Crippen LogP contribution in [0.3, 0.4) is 0 Å². The molecule has 0 spiro atoms. The first-order chi connectivity index (χ1) is 6.70. The Morgan fingerprint density at radius 1 is 1.07 bits per heavy atom. The first-order valence-electron chi connectivity index (χ1n) is 6.45. The summed E-state index contributed by atoms with van der Waals surface area (Å²) in [4.78, 5) is 0. The van der Waals surface area contributed by atoms with Crippen LogP contribution in [0, 0.1) is 5.92 Å². The molecule has 0 radical (unpaired) electrons. The van der Waals surface area contributed by atoms with Crippen molar-refractivity contribution < 1.29 is 0 Å². The molecule has 0 bridgehead atoms. The molecule has 0 unspecified atom stereocenters. The molecule has 1 heteroatoms. The third-order valence-electron chi connectivity index (χ3n) is 3.93. The van der Waals surface area contributed by atoms with Crippen molar-refractivity contribution in [2.24, 2.45) is 5.92 Å². The van der Waals surface area contributed by atoms with Crippen molar-refractivity contribution in [1.29, 1.82) is 0 Å². The van der Waals surface area contributed by atoms with Gasteiger partial charge < -0.3 is 5.32 Å². The molecule has 84 valence electrons. The van der Waals surface area contributed by atoms with Gasteiger partial charge in [-0.1, -0.05) is 46.0 Å². The average molecular weight is 197 g/mol. The summed E-state index contributed by atoms with van der Waals surface area (Å²) in [6.45, 7) is 8.25. The Morgan fingerprint density at radius 3 is 2.14 bits per heavy atom. The molecule has 1 fully saturated rings. The van der Waals surface area contributed by atoms with Crippen LogP contribution in [-0.2, 0) is 0 Å². The molecular weight excluding hydrogens is 170 g/mol. The Kier molecular flexibility index (Phi) is 4.94. The van der Waals surface area contributed by atoms with E-state index in [0.717, 1.165) is 5.92 Å². The van der Waals surface area contributed by atoms with Gasteiger partial charge in [0.15, 0.2) is 0 Å². The topological polar surface area (TPSA) is 12.0 Å². The second-order valence-electron chi connectivity index (χ2n) is 5.18. The van der Waals surface area contributed by atoms with E-state index in [1.54, 1.807) is 0 Å². The fraction of sp³-hybridized carbons (Fsp3) is 1.00. The van der Waals surface area contributed by atoms with Gasteiger partial charge in [0.2, 0.25) is 0 Å². The van der Waals surface area contributed by atoms with Crippen LogP contribution in [0.2, 0.25) is 0 Å². The van der Waals surface area contributed by atoms with Gasteiger partial charge in [-0.3, -0.25) is 0 Å². The van der Waals surface area contributed by atoms with E-state index in [0.29, 0.717) is 5.54 Å². The highest BCUT2D eigenvalue weighted by Crippen LogP contribution is 2.27. The van der Waals surface area contributed by atoms with Crippen molar-refractivity contribution in [3.63, 3.8) is 0 Å². The zero-order valence-corrected chi connectivity index (χ0v) is 10.2. The summed E-state index contributed by atoms with van der Waals surface area (Å²) in [5.74, 6) is 0.883. The van der Waals surface area contributed by atoms with Crippen LogP contribution in [0.25, 0.3) is 0 Å². The zero-order chi connectivity index (χ0) is 10.4. The van der Waals surface area contributed by atoms with Gasteiger partial charge in [-0.15, -0.1) is 0 Å². The van der Waals surface area contributed by atoms with Gasteiger partial charge in [0.05, 0.1) is 0 Å². The lowest BCUT2D eigenvalue weighted by Crippen LogP contribution is -2.45. The van der Waals surface area contributed by atoms with Gasteiger partial charge in [-0.2, -0.15) is 0 Å². The summed E-state index contributed by atoms with van der Waals surface area (Å²) in [5.41, 5.74) is 0.459. The maximum Gasteiger partial charge on any atom is 0.0153 e. The molecule has 0 aromatic rings. The molecule has 1 saturated carbocycles. The van der Waals surface area contributed by atoms with Crippen LogP contribution < -0.4 is 5.32 Å². The van der Waals surface area contributed by atoms with Crippen LogP contribution in [0.1, 0.15) is 65.7 Å². The molecule has 0 amide bonds. The van der Waals surface area contributed by atoms with Crippen LogP contribution >= 0.6 is 0 Å². The fourth-order valence-electron chi connectivity index (χ4n) is 2.48. The van der Waals surface area contributed by atoms with E-state index in [1.807, 2.05) is 0 Å². The molecule has 0 saturated heterocycles. The Labute approximate surface area is 89.7 Å². The highest BCUT2D eigenvalue weighted by Gasteiger charge is 2.26. The maximum absolute atomic E-state index is 3.80. The van der Waals surface area contributed by atoms with E-state index >= 15 is 0 Å². The number of nitrogens with one attached hydrogen (secondary N) is 1. The van der Waals surface area contributed by atoms with Crippen LogP contribution in [0.5, 0.6) is 0 Å². The SMILES string of the molecule is CCC(CC)CNC1(C)CCCCC1. The Bertz CT molecular complexity index is 143. The molecule has 0 atom stereocenters. The van der Waals surface area contributed by atoms with Crippen LogP contribution in [0.4, 0.5) is 0 Å². The molecule has 0 aromatic carbocycles. The fourth-order valence-corrected chi connectivity index (χ4v) is 2.48. The van der Waals surface area contributed by atoms with Gasteiger partial charge in [0.1, 0.15) is 0 Å². The minimum Gasteiger partial charge on any atom is -0.311 e. The van der Waals surface area contributed by atoms with Crippen molar-refractivity contribution in [1.82, 2.24) is 5.32 Å². The lowest BCUT2D eigenvalue weighted by molar-refractivity contribution is 0.237.